The van der Waals surface area contributed by atoms with Gasteiger partial charge < -0.3 is 15.1 Å². The molecule has 1 N–H and O–H groups in total. The maximum atomic E-state index is 11.6. The lowest BCUT2D eigenvalue weighted by Crippen LogP contribution is -2.53. The lowest BCUT2D eigenvalue weighted by Gasteiger charge is -2.37. The third-order valence-corrected chi connectivity index (χ3v) is 7.43. The number of aliphatic imine (C=N–C) groups is 1. The molecule has 0 aromatic carbocycles. The lowest BCUT2D eigenvalue weighted by molar-refractivity contribution is 0.271. The van der Waals surface area contributed by atoms with Crippen molar-refractivity contribution in [1.29, 1.82) is 0 Å². The molecule has 0 saturated carbocycles. The molecule has 2 aliphatic heterocycles. The first-order chi connectivity index (χ1) is 12.5. The van der Waals surface area contributed by atoms with E-state index in [-0.39, 0.29) is 0 Å². The molecule has 0 spiro atoms. The van der Waals surface area contributed by atoms with Gasteiger partial charge in [0.1, 0.15) is 0 Å². The van der Waals surface area contributed by atoms with Crippen molar-refractivity contribution in [2.24, 2.45) is 10.9 Å². The van der Waals surface area contributed by atoms with Crippen molar-refractivity contribution in [3.05, 3.63) is 17.5 Å². The fraction of sp³-hybridized carbons (Fsp3) is 0.706. The van der Waals surface area contributed by atoms with Gasteiger partial charge in [0.2, 0.25) is 10.0 Å². The van der Waals surface area contributed by atoms with E-state index in [1.54, 1.807) is 15.6 Å². The standard InChI is InChI=1S/C17H29N5O2S2/c1-18-17(19-14-15-5-7-22(8-6-15)26(2,23)24)21-11-9-20(10-12-21)16-4-3-13-25-16/h3-4,13,15H,5-12,14H2,1-2H3,(H,18,19). The van der Waals surface area contributed by atoms with Gasteiger partial charge in [-0.05, 0) is 36.3 Å². The molecular weight excluding hydrogens is 370 g/mol. The van der Waals surface area contributed by atoms with E-state index in [2.05, 4.69) is 37.6 Å². The van der Waals surface area contributed by atoms with Crippen molar-refractivity contribution in [3.8, 4) is 0 Å². The smallest absolute Gasteiger partial charge is 0.211 e. The van der Waals surface area contributed by atoms with Crippen LogP contribution in [0.2, 0.25) is 0 Å². The van der Waals surface area contributed by atoms with E-state index in [0.717, 1.165) is 51.5 Å². The van der Waals surface area contributed by atoms with E-state index in [9.17, 15) is 8.42 Å². The number of anilines is 1. The van der Waals surface area contributed by atoms with E-state index >= 15 is 0 Å². The van der Waals surface area contributed by atoms with Crippen molar-refractivity contribution in [2.45, 2.75) is 12.8 Å². The number of rotatable bonds is 4. The summed E-state index contributed by atoms with van der Waals surface area (Å²) in [5.74, 6) is 1.46. The van der Waals surface area contributed by atoms with E-state index < -0.39 is 10.0 Å². The molecule has 146 valence electrons. The minimum Gasteiger partial charge on any atom is -0.360 e. The van der Waals surface area contributed by atoms with Crippen LogP contribution in [0.1, 0.15) is 12.8 Å². The Morgan fingerprint density at radius 3 is 2.46 bits per heavy atom. The molecule has 3 rings (SSSR count). The molecule has 0 aliphatic carbocycles. The van der Waals surface area contributed by atoms with Gasteiger partial charge in [0.05, 0.1) is 11.3 Å². The first kappa shape index (κ1) is 19.4. The molecule has 0 radical (unpaired) electrons. The van der Waals surface area contributed by atoms with Crippen molar-refractivity contribution < 1.29 is 8.42 Å². The maximum Gasteiger partial charge on any atom is 0.211 e. The summed E-state index contributed by atoms with van der Waals surface area (Å²) < 4.78 is 24.8. The number of piperazine rings is 1. The van der Waals surface area contributed by atoms with Gasteiger partial charge in [0, 0.05) is 52.9 Å². The number of nitrogens with zero attached hydrogens (tertiary/aromatic N) is 4. The molecular formula is C17H29N5O2S2. The fourth-order valence-electron chi connectivity index (χ4n) is 3.60. The summed E-state index contributed by atoms with van der Waals surface area (Å²) in [5, 5.41) is 6.96. The second-order valence-corrected chi connectivity index (χ2v) is 9.87. The van der Waals surface area contributed by atoms with Crippen LogP contribution in [0.4, 0.5) is 5.00 Å². The molecule has 3 heterocycles. The number of thiophene rings is 1. The van der Waals surface area contributed by atoms with Crippen molar-refractivity contribution in [3.63, 3.8) is 0 Å². The van der Waals surface area contributed by atoms with Crippen molar-refractivity contribution in [2.75, 3.05) is 64.0 Å². The van der Waals surface area contributed by atoms with Crippen LogP contribution >= 0.6 is 11.3 Å². The zero-order chi connectivity index (χ0) is 18.6. The lowest BCUT2D eigenvalue weighted by atomic mass is 9.98. The number of sulfonamides is 1. The van der Waals surface area contributed by atoms with Gasteiger partial charge in [-0.3, -0.25) is 4.99 Å². The number of guanidine groups is 1. The third-order valence-electron chi connectivity index (χ3n) is 5.20. The third kappa shape index (κ3) is 4.89. The highest BCUT2D eigenvalue weighted by Gasteiger charge is 2.26. The molecule has 1 aromatic heterocycles. The minimum absolute atomic E-state index is 0.497. The Bertz CT molecular complexity index is 689. The van der Waals surface area contributed by atoms with E-state index in [0.29, 0.717) is 19.0 Å². The van der Waals surface area contributed by atoms with E-state index in [1.807, 2.05) is 7.05 Å². The first-order valence-corrected chi connectivity index (χ1v) is 11.9. The highest BCUT2D eigenvalue weighted by molar-refractivity contribution is 7.88. The molecule has 7 nitrogen and oxygen atoms in total. The number of hydrogen-bond acceptors (Lipinski definition) is 5. The summed E-state index contributed by atoms with van der Waals surface area (Å²) in [6.07, 6.45) is 3.11. The van der Waals surface area contributed by atoms with Gasteiger partial charge in [-0.2, -0.15) is 0 Å². The van der Waals surface area contributed by atoms with Gasteiger partial charge in [-0.25, -0.2) is 12.7 Å². The predicted octanol–water partition coefficient (Wildman–Crippen LogP) is 1.12. The van der Waals surface area contributed by atoms with Crippen LogP contribution in [0.3, 0.4) is 0 Å². The van der Waals surface area contributed by atoms with Gasteiger partial charge in [-0.1, -0.05) is 0 Å². The van der Waals surface area contributed by atoms with Crippen molar-refractivity contribution in [1.82, 2.24) is 14.5 Å². The van der Waals surface area contributed by atoms with E-state index in [4.69, 9.17) is 0 Å². The highest BCUT2D eigenvalue weighted by Crippen LogP contribution is 2.22. The molecule has 2 fully saturated rings. The normalized spacial score (nSPS) is 21.2. The molecule has 9 heteroatoms. The number of hydrogen-bond donors (Lipinski definition) is 1. The first-order valence-electron chi connectivity index (χ1n) is 9.16. The van der Waals surface area contributed by atoms with Crippen molar-refractivity contribution >= 4 is 32.3 Å². The molecule has 2 aliphatic rings. The van der Waals surface area contributed by atoms with Gasteiger partial charge in [0.15, 0.2) is 5.96 Å². The second-order valence-electron chi connectivity index (χ2n) is 6.96. The average molecular weight is 400 g/mol. The van der Waals surface area contributed by atoms with E-state index in [1.165, 1.54) is 11.3 Å². The topological polar surface area (TPSA) is 68.2 Å². The summed E-state index contributed by atoms with van der Waals surface area (Å²) >= 11 is 1.79. The highest BCUT2D eigenvalue weighted by atomic mass is 32.2. The maximum absolute atomic E-state index is 11.6. The Morgan fingerprint density at radius 1 is 1.23 bits per heavy atom. The summed E-state index contributed by atoms with van der Waals surface area (Å²) in [5.41, 5.74) is 0. The Morgan fingerprint density at radius 2 is 1.92 bits per heavy atom. The molecule has 0 atom stereocenters. The molecule has 1 aromatic rings. The predicted molar refractivity (Wildman–Crippen MR) is 109 cm³/mol. The SMILES string of the molecule is CN=C(NCC1CCN(S(C)(=O)=O)CC1)N1CCN(c2cccs2)CC1. The summed E-state index contributed by atoms with van der Waals surface area (Å²) in [4.78, 5) is 9.19. The van der Waals surface area contributed by atoms with Crippen LogP contribution in [-0.4, -0.2) is 82.7 Å². The van der Waals surface area contributed by atoms with Gasteiger partial charge in [-0.15, -0.1) is 11.3 Å². The van der Waals surface area contributed by atoms with Crippen LogP contribution in [0.5, 0.6) is 0 Å². The molecule has 0 amide bonds. The quantitative estimate of drug-likeness (QED) is 0.607. The van der Waals surface area contributed by atoms with Crippen LogP contribution in [0.25, 0.3) is 0 Å². The molecule has 26 heavy (non-hydrogen) atoms. The summed E-state index contributed by atoms with van der Waals surface area (Å²) in [6, 6.07) is 4.28. The largest absolute Gasteiger partial charge is 0.360 e. The zero-order valence-electron chi connectivity index (χ0n) is 15.6. The van der Waals surface area contributed by atoms with Crippen LogP contribution in [-0.2, 0) is 10.0 Å². The van der Waals surface area contributed by atoms with Crippen LogP contribution in [0, 0.1) is 5.92 Å². The fourth-order valence-corrected chi connectivity index (χ4v) is 5.26. The monoisotopic (exact) mass is 399 g/mol. The molecule has 2 saturated heterocycles. The Labute approximate surface area is 160 Å². The Kier molecular flexibility index (Phi) is 6.42. The summed E-state index contributed by atoms with van der Waals surface area (Å²) in [6.45, 7) is 6.05. The Hall–Kier alpha value is -1.32. The number of piperidine rings is 1. The molecule has 0 unspecified atom stereocenters. The zero-order valence-corrected chi connectivity index (χ0v) is 17.2. The summed E-state index contributed by atoms with van der Waals surface area (Å²) in [7, 11) is -1.22. The average Bonchev–Trinajstić information content (AvgIpc) is 3.17. The van der Waals surface area contributed by atoms with Gasteiger partial charge >= 0.3 is 0 Å². The molecule has 0 bridgehead atoms. The van der Waals surface area contributed by atoms with Gasteiger partial charge in [0.25, 0.3) is 0 Å². The van der Waals surface area contributed by atoms with Crippen LogP contribution in [0.15, 0.2) is 22.5 Å². The second kappa shape index (κ2) is 8.58. The Balaban J connectivity index is 1.43. The number of nitrogens with one attached hydrogen (secondary N) is 1. The van der Waals surface area contributed by atoms with Crippen LogP contribution < -0.4 is 10.2 Å². The minimum atomic E-state index is -3.05.